The van der Waals surface area contributed by atoms with Crippen LogP contribution in [0, 0.1) is 17.0 Å². The number of carbonyl (C=O) groups excluding carboxylic acids is 1. The van der Waals surface area contributed by atoms with Crippen molar-refractivity contribution in [2.45, 2.75) is 24.7 Å². The number of nitrogens with zero attached hydrogens (tertiary/aromatic N) is 2. The zero-order chi connectivity index (χ0) is 20.1. The molecule has 28 heavy (non-hydrogen) atoms. The van der Waals surface area contributed by atoms with E-state index in [0.29, 0.717) is 27.5 Å². The molecule has 1 aromatic heterocycles. The fourth-order valence-electron chi connectivity index (χ4n) is 2.54. The van der Waals surface area contributed by atoms with E-state index in [2.05, 4.69) is 41.5 Å². The number of nitrogens with one attached hydrogen (secondary N) is 1. The highest BCUT2D eigenvalue weighted by Gasteiger charge is 2.17. The third-order valence-electron chi connectivity index (χ3n) is 3.96. The largest absolute Gasteiger partial charge is 0.494 e. The minimum atomic E-state index is -0.481. The van der Waals surface area contributed by atoms with Crippen LogP contribution < -0.4 is 10.1 Å². The van der Waals surface area contributed by atoms with Gasteiger partial charge in [-0.25, -0.2) is 4.98 Å². The molecule has 1 amide bonds. The van der Waals surface area contributed by atoms with E-state index in [0.717, 1.165) is 12.2 Å². The molecule has 0 saturated carbocycles. The molecule has 2 aromatic carbocycles. The summed E-state index contributed by atoms with van der Waals surface area (Å²) in [5.41, 5.74) is 1.66. The number of methoxy groups -OCH3 is 1. The first-order valence-corrected chi connectivity index (χ1v) is 10.4. The lowest BCUT2D eigenvalue weighted by atomic mass is 10.2. The summed E-state index contributed by atoms with van der Waals surface area (Å²) in [6.07, 6.45) is 1.12. The number of hydrogen-bond donors (Lipinski definition) is 1. The second-order valence-electron chi connectivity index (χ2n) is 6.08. The number of aromatic nitrogens is 1. The summed E-state index contributed by atoms with van der Waals surface area (Å²) in [6.45, 7) is 2.05. The third-order valence-corrected chi connectivity index (χ3v) is 5.98. The number of thiazole rings is 1. The van der Waals surface area contributed by atoms with Crippen LogP contribution in [0.25, 0.3) is 10.2 Å². The van der Waals surface area contributed by atoms with Gasteiger partial charge >= 0.3 is 0 Å². The Balaban J connectivity index is 1.57. The van der Waals surface area contributed by atoms with Crippen molar-refractivity contribution in [1.82, 2.24) is 4.98 Å². The molecule has 1 N–H and O–H groups in total. The van der Waals surface area contributed by atoms with Gasteiger partial charge in [-0.1, -0.05) is 29.0 Å². The van der Waals surface area contributed by atoms with Crippen molar-refractivity contribution in [2.75, 3.05) is 18.2 Å². The number of carbonyl (C=O) groups is 1. The Bertz CT molecular complexity index is 1000. The first kappa shape index (κ1) is 20.1. The molecule has 0 fully saturated rings. The van der Waals surface area contributed by atoms with Gasteiger partial charge in [0.2, 0.25) is 5.91 Å². The Hall–Kier alpha value is -2.65. The molecule has 0 aliphatic heterocycles. The predicted octanol–water partition coefficient (Wildman–Crippen LogP) is 5.03. The van der Waals surface area contributed by atoms with Gasteiger partial charge in [0.25, 0.3) is 5.69 Å². The molecule has 1 heterocycles. The van der Waals surface area contributed by atoms with Crippen molar-refractivity contribution in [3.05, 3.63) is 52.1 Å². The van der Waals surface area contributed by atoms with Crippen molar-refractivity contribution >= 4 is 50.0 Å². The van der Waals surface area contributed by atoms with Gasteiger partial charge in [0, 0.05) is 17.4 Å². The van der Waals surface area contributed by atoms with Gasteiger partial charge < -0.3 is 10.1 Å². The minimum Gasteiger partial charge on any atom is -0.494 e. The number of rotatable bonds is 8. The molecule has 0 atom stereocenters. The number of non-ortho nitro benzene ring substituents is 1. The summed E-state index contributed by atoms with van der Waals surface area (Å²) in [5, 5.41) is 14.2. The molecule has 146 valence electrons. The Morgan fingerprint density at radius 2 is 2.07 bits per heavy atom. The lowest BCUT2D eigenvalue weighted by Crippen LogP contribution is -2.11. The number of hydrogen-bond acceptors (Lipinski definition) is 7. The van der Waals surface area contributed by atoms with Crippen LogP contribution in [0.5, 0.6) is 5.75 Å². The molecule has 0 bridgehead atoms. The fourth-order valence-corrected chi connectivity index (χ4v) is 4.32. The summed E-state index contributed by atoms with van der Waals surface area (Å²) in [4.78, 5) is 28.3. The molecule has 0 saturated heterocycles. The Kier molecular flexibility index (Phi) is 6.48. The maximum absolute atomic E-state index is 12.2. The number of nitro benzene ring substituents is 1. The summed E-state index contributed by atoms with van der Waals surface area (Å²) < 4.78 is 5.78. The van der Waals surface area contributed by atoms with E-state index in [-0.39, 0.29) is 11.6 Å². The van der Waals surface area contributed by atoms with Crippen LogP contribution in [-0.4, -0.2) is 28.7 Å². The maximum atomic E-state index is 12.2. The van der Waals surface area contributed by atoms with Gasteiger partial charge in [0.05, 0.1) is 22.8 Å². The number of benzene rings is 2. The van der Waals surface area contributed by atoms with Crippen LogP contribution in [0.2, 0.25) is 0 Å². The molecular weight excluding hydrogens is 398 g/mol. The standard InChI is InChI=1S/C19H19N3O4S2/c1-12-5-7-14(8-6-12)27-9-3-4-17(23)20-19-21-18-15(26-2)10-13(22(24)25)11-16(18)28-19/h5-8,10-11H,3-4,9H2,1-2H3,(H,20,21,23). The molecule has 3 rings (SSSR count). The Morgan fingerprint density at radius 3 is 2.75 bits per heavy atom. The van der Waals surface area contributed by atoms with Gasteiger partial charge in [0.1, 0.15) is 5.52 Å². The minimum absolute atomic E-state index is 0.0704. The van der Waals surface area contributed by atoms with Crippen molar-refractivity contribution in [3.8, 4) is 5.75 Å². The third kappa shape index (κ3) is 4.99. The first-order chi connectivity index (χ1) is 13.5. The summed E-state index contributed by atoms with van der Waals surface area (Å²) in [6, 6.07) is 11.1. The maximum Gasteiger partial charge on any atom is 0.274 e. The fraction of sp³-hybridized carbons (Fsp3) is 0.263. The number of fused-ring (bicyclic) bond motifs is 1. The van der Waals surface area contributed by atoms with Crippen molar-refractivity contribution in [1.29, 1.82) is 0 Å². The Morgan fingerprint density at radius 1 is 1.32 bits per heavy atom. The Labute approximate surface area is 170 Å². The molecular formula is C19H19N3O4S2. The van der Waals surface area contributed by atoms with Crippen LogP contribution >= 0.6 is 23.1 Å². The van der Waals surface area contributed by atoms with Gasteiger partial charge in [-0.2, -0.15) is 0 Å². The van der Waals surface area contributed by atoms with E-state index >= 15 is 0 Å². The molecule has 7 nitrogen and oxygen atoms in total. The number of amides is 1. The van der Waals surface area contributed by atoms with Crippen LogP contribution in [0.15, 0.2) is 41.3 Å². The highest BCUT2D eigenvalue weighted by atomic mass is 32.2. The second kappa shape index (κ2) is 9.03. The van der Waals surface area contributed by atoms with Crippen molar-refractivity contribution in [3.63, 3.8) is 0 Å². The van der Waals surface area contributed by atoms with E-state index in [9.17, 15) is 14.9 Å². The monoisotopic (exact) mass is 417 g/mol. The normalized spacial score (nSPS) is 10.8. The van der Waals surface area contributed by atoms with Gasteiger partial charge in [0.15, 0.2) is 10.9 Å². The van der Waals surface area contributed by atoms with Crippen LogP contribution in [0.3, 0.4) is 0 Å². The quantitative estimate of drug-likeness (QED) is 0.239. The van der Waals surface area contributed by atoms with Gasteiger partial charge in [-0.15, -0.1) is 11.8 Å². The summed E-state index contributed by atoms with van der Waals surface area (Å²) in [7, 11) is 1.43. The molecule has 0 radical (unpaired) electrons. The van der Waals surface area contributed by atoms with Crippen LogP contribution in [-0.2, 0) is 4.79 Å². The lowest BCUT2D eigenvalue weighted by molar-refractivity contribution is -0.384. The van der Waals surface area contributed by atoms with E-state index in [1.807, 2.05) is 0 Å². The number of aryl methyl sites for hydroxylation is 1. The highest BCUT2D eigenvalue weighted by Crippen LogP contribution is 2.36. The molecule has 3 aromatic rings. The van der Waals surface area contributed by atoms with E-state index < -0.39 is 4.92 Å². The zero-order valence-corrected chi connectivity index (χ0v) is 17.1. The number of nitro groups is 1. The molecule has 9 heteroatoms. The van der Waals surface area contributed by atoms with E-state index in [1.54, 1.807) is 11.8 Å². The van der Waals surface area contributed by atoms with Crippen LogP contribution in [0.1, 0.15) is 18.4 Å². The molecule has 0 unspecified atom stereocenters. The molecule has 0 spiro atoms. The van der Waals surface area contributed by atoms with E-state index in [1.165, 1.54) is 41.0 Å². The average molecular weight is 418 g/mol. The van der Waals surface area contributed by atoms with Gasteiger partial charge in [-0.3, -0.25) is 14.9 Å². The predicted molar refractivity (Wildman–Crippen MR) is 113 cm³/mol. The van der Waals surface area contributed by atoms with Gasteiger partial charge in [-0.05, 0) is 31.2 Å². The number of anilines is 1. The first-order valence-electron chi connectivity index (χ1n) is 8.58. The molecule has 0 aliphatic carbocycles. The number of ether oxygens (including phenoxy) is 1. The average Bonchev–Trinajstić information content (AvgIpc) is 3.08. The highest BCUT2D eigenvalue weighted by molar-refractivity contribution is 7.99. The van der Waals surface area contributed by atoms with Crippen LogP contribution in [0.4, 0.5) is 10.8 Å². The van der Waals surface area contributed by atoms with E-state index in [4.69, 9.17) is 4.74 Å². The topological polar surface area (TPSA) is 94.4 Å². The summed E-state index contributed by atoms with van der Waals surface area (Å²) >= 11 is 2.91. The summed E-state index contributed by atoms with van der Waals surface area (Å²) in [5.74, 6) is 1.03. The zero-order valence-electron chi connectivity index (χ0n) is 15.4. The number of thioether (sulfide) groups is 1. The molecule has 0 aliphatic rings. The smallest absolute Gasteiger partial charge is 0.274 e. The van der Waals surface area contributed by atoms with Crippen molar-refractivity contribution in [2.24, 2.45) is 0 Å². The SMILES string of the molecule is COc1cc([N+](=O)[O-])cc2sc(NC(=O)CCCSc3ccc(C)cc3)nc12. The lowest BCUT2D eigenvalue weighted by Gasteiger charge is -2.03. The van der Waals surface area contributed by atoms with Crippen molar-refractivity contribution < 1.29 is 14.5 Å². The second-order valence-corrected chi connectivity index (χ2v) is 8.28.